The molecule has 5 aromatic rings. The lowest BCUT2D eigenvalue weighted by atomic mass is 10.2. The van der Waals surface area contributed by atoms with Gasteiger partial charge in [-0.15, -0.1) is 16.4 Å². The highest BCUT2D eigenvalue weighted by atomic mass is 35.5. The fourth-order valence-corrected chi connectivity index (χ4v) is 4.44. The number of alkyl halides is 2. The monoisotopic (exact) mass is 485 g/mol. The number of amides is 1. The number of halogens is 3. The number of rotatable bonds is 5. The van der Waals surface area contributed by atoms with E-state index in [1.807, 2.05) is 30.3 Å². The zero-order valence-electron chi connectivity index (χ0n) is 16.9. The molecule has 0 aliphatic carbocycles. The zero-order chi connectivity index (χ0) is 23.1. The van der Waals surface area contributed by atoms with Crippen LogP contribution in [0.15, 0.2) is 54.9 Å². The lowest BCUT2D eigenvalue weighted by Crippen LogP contribution is -2.17. The van der Waals surface area contributed by atoms with Gasteiger partial charge in [-0.2, -0.15) is 5.10 Å². The standard InChI is InChI=1S/C21H14ClF2N7OS/c1-30-16(13(10-25-30)21-28-15(18(23)24)17(22)33-21)20(32)26-12-7-8-31-14(9-12)27-19(29-31)11-5-3-2-4-6-11/h2-10,18H,1H3,(H,26,32). The summed E-state index contributed by atoms with van der Waals surface area (Å²) in [5.41, 5.74) is 1.86. The van der Waals surface area contributed by atoms with E-state index in [4.69, 9.17) is 11.6 Å². The van der Waals surface area contributed by atoms with Gasteiger partial charge in [-0.1, -0.05) is 41.9 Å². The van der Waals surface area contributed by atoms with Crippen LogP contribution in [0, 0.1) is 0 Å². The molecule has 0 unspecified atom stereocenters. The van der Waals surface area contributed by atoms with Crippen molar-refractivity contribution in [3.63, 3.8) is 0 Å². The molecule has 0 bridgehead atoms. The molecule has 1 N–H and O–H groups in total. The summed E-state index contributed by atoms with van der Waals surface area (Å²) < 4.78 is 29.0. The van der Waals surface area contributed by atoms with Gasteiger partial charge >= 0.3 is 0 Å². The number of benzene rings is 1. The second-order valence-corrected chi connectivity index (χ2v) is 8.58. The van der Waals surface area contributed by atoms with Gasteiger partial charge in [0.1, 0.15) is 20.7 Å². The normalized spacial score (nSPS) is 11.4. The average molecular weight is 486 g/mol. The van der Waals surface area contributed by atoms with E-state index in [1.54, 1.807) is 29.9 Å². The summed E-state index contributed by atoms with van der Waals surface area (Å²) in [5, 5.41) is 11.5. The third-order valence-electron chi connectivity index (χ3n) is 4.83. The Hall–Kier alpha value is -3.70. The minimum atomic E-state index is -2.81. The molecule has 0 fully saturated rings. The topological polar surface area (TPSA) is 90.0 Å². The van der Waals surface area contributed by atoms with Gasteiger partial charge in [0.25, 0.3) is 12.3 Å². The number of hydrogen-bond donors (Lipinski definition) is 1. The molecule has 0 radical (unpaired) electrons. The molecule has 0 saturated carbocycles. The molecule has 8 nitrogen and oxygen atoms in total. The minimum Gasteiger partial charge on any atom is -0.320 e. The van der Waals surface area contributed by atoms with E-state index in [1.165, 1.54) is 10.9 Å². The number of thiazole rings is 1. The first-order valence-corrected chi connectivity index (χ1v) is 10.8. The fraction of sp³-hybridized carbons (Fsp3) is 0.0952. The molecule has 33 heavy (non-hydrogen) atoms. The number of pyridine rings is 1. The summed E-state index contributed by atoms with van der Waals surface area (Å²) in [5.74, 6) is 0.0746. The highest BCUT2D eigenvalue weighted by molar-refractivity contribution is 7.19. The highest BCUT2D eigenvalue weighted by Crippen LogP contribution is 2.37. The molecule has 0 aliphatic rings. The van der Waals surface area contributed by atoms with Crippen molar-refractivity contribution in [3.8, 4) is 22.0 Å². The molecule has 0 aliphatic heterocycles. The maximum Gasteiger partial charge on any atom is 0.282 e. The van der Waals surface area contributed by atoms with Crippen LogP contribution in [0.4, 0.5) is 14.5 Å². The number of carbonyl (C=O) groups is 1. The number of aryl methyl sites for hydroxylation is 1. The summed E-state index contributed by atoms with van der Waals surface area (Å²) in [4.78, 5) is 21.5. The van der Waals surface area contributed by atoms with Crippen LogP contribution >= 0.6 is 22.9 Å². The summed E-state index contributed by atoms with van der Waals surface area (Å²) >= 11 is 6.76. The predicted octanol–water partition coefficient (Wildman–Crippen LogP) is 5.10. The van der Waals surface area contributed by atoms with Crippen molar-refractivity contribution in [1.82, 2.24) is 29.4 Å². The number of nitrogens with zero attached hydrogens (tertiary/aromatic N) is 6. The lowest BCUT2D eigenvalue weighted by molar-refractivity contribution is 0.101. The molecule has 1 aromatic carbocycles. The molecule has 4 aromatic heterocycles. The first-order valence-electron chi connectivity index (χ1n) is 9.60. The number of fused-ring (bicyclic) bond motifs is 1. The van der Waals surface area contributed by atoms with Gasteiger partial charge in [-0.25, -0.2) is 23.3 Å². The zero-order valence-corrected chi connectivity index (χ0v) is 18.5. The van der Waals surface area contributed by atoms with Gasteiger partial charge in [-0.05, 0) is 6.07 Å². The molecule has 0 saturated heterocycles. The van der Waals surface area contributed by atoms with Crippen molar-refractivity contribution < 1.29 is 13.6 Å². The molecular weight excluding hydrogens is 472 g/mol. The summed E-state index contributed by atoms with van der Waals surface area (Å²) in [6.45, 7) is 0. The Balaban J connectivity index is 1.44. The molecule has 4 heterocycles. The Labute approximate surface area is 194 Å². The van der Waals surface area contributed by atoms with Crippen LogP contribution in [0.3, 0.4) is 0 Å². The Morgan fingerprint density at radius 1 is 1.18 bits per heavy atom. The van der Waals surface area contributed by atoms with Gasteiger partial charge in [-0.3, -0.25) is 9.48 Å². The number of hydrogen-bond acceptors (Lipinski definition) is 6. The number of nitrogens with one attached hydrogen (secondary N) is 1. The second kappa shape index (κ2) is 8.34. The SMILES string of the molecule is Cn1ncc(-c2nc(C(F)F)c(Cl)s2)c1C(=O)Nc1ccn2nc(-c3ccccc3)nc2c1. The van der Waals surface area contributed by atoms with Crippen LogP contribution in [-0.2, 0) is 7.05 Å². The Bertz CT molecular complexity index is 1480. The molecule has 166 valence electrons. The van der Waals surface area contributed by atoms with Gasteiger partial charge in [0, 0.05) is 30.6 Å². The van der Waals surface area contributed by atoms with Crippen LogP contribution < -0.4 is 5.32 Å². The third kappa shape index (κ3) is 3.96. The molecule has 0 spiro atoms. The predicted molar refractivity (Wildman–Crippen MR) is 121 cm³/mol. The van der Waals surface area contributed by atoms with E-state index in [-0.39, 0.29) is 15.0 Å². The van der Waals surface area contributed by atoms with Gasteiger partial charge in [0.15, 0.2) is 11.5 Å². The fourth-order valence-electron chi connectivity index (χ4n) is 3.29. The quantitative estimate of drug-likeness (QED) is 0.374. The van der Waals surface area contributed by atoms with Crippen LogP contribution in [0.2, 0.25) is 4.34 Å². The molecule has 5 rings (SSSR count). The van der Waals surface area contributed by atoms with Crippen LogP contribution in [-0.4, -0.2) is 35.3 Å². The Kier molecular flexibility index (Phi) is 5.35. The van der Waals surface area contributed by atoms with E-state index in [0.717, 1.165) is 16.9 Å². The third-order valence-corrected chi connectivity index (χ3v) is 6.15. The first kappa shape index (κ1) is 21.2. The molecule has 1 amide bonds. The maximum atomic E-state index is 13.1. The van der Waals surface area contributed by atoms with Crippen molar-refractivity contribution in [2.45, 2.75) is 6.43 Å². The maximum absolute atomic E-state index is 13.1. The number of anilines is 1. The second-order valence-electron chi connectivity index (χ2n) is 6.98. The van der Waals surface area contributed by atoms with E-state index < -0.39 is 18.0 Å². The van der Waals surface area contributed by atoms with Crippen molar-refractivity contribution >= 4 is 40.2 Å². The van der Waals surface area contributed by atoms with Crippen molar-refractivity contribution in [2.24, 2.45) is 7.05 Å². The summed E-state index contributed by atoms with van der Waals surface area (Å²) in [7, 11) is 1.58. The number of aromatic nitrogens is 6. The smallest absolute Gasteiger partial charge is 0.282 e. The summed E-state index contributed by atoms with van der Waals surface area (Å²) in [6.07, 6.45) is 0.268. The van der Waals surface area contributed by atoms with Crippen molar-refractivity contribution in [2.75, 3.05) is 5.32 Å². The average Bonchev–Trinajstić information content (AvgIpc) is 3.50. The van der Waals surface area contributed by atoms with E-state index in [9.17, 15) is 13.6 Å². The van der Waals surface area contributed by atoms with Gasteiger partial charge in [0.05, 0.1) is 11.8 Å². The van der Waals surface area contributed by atoms with E-state index >= 15 is 0 Å². The van der Waals surface area contributed by atoms with E-state index in [0.29, 0.717) is 22.7 Å². The van der Waals surface area contributed by atoms with Crippen LogP contribution in [0.5, 0.6) is 0 Å². The Morgan fingerprint density at radius 3 is 2.70 bits per heavy atom. The summed E-state index contributed by atoms with van der Waals surface area (Å²) in [6, 6.07) is 12.9. The number of carbonyl (C=O) groups excluding carboxylic acids is 1. The molecule has 0 atom stereocenters. The highest BCUT2D eigenvalue weighted by Gasteiger charge is 2.25. The van der Waals surface area contributed by atoms with Crippen molar-refractivity contribution in [1.29, 1.82) is 0 Å². The van der Waals surface area contributed by atoms with Crippen LogP contribution in [0.1, 0.15) is 22.6 Å². The molecule has 12 heteroatoms. The first-order chi connectivity index (χ1) is 15.9. The van der Waals surface area contributed by atoms with Crippen LogP contribution in [0.25, 0.3) is 27.6 Å². The largest absolute Gasteiger partial charge is 0.320 e. The van der Waals surface area contributed by atoms with Gasteiger partial charge in [0.2, 0.25) is 0 Å². The Morgan fingerprint density at radius 2 is 1.97 bits per heavy atom. The van der Waals surface area contributed by atoms with Gasteiger partial charge < -0.3 is 5.32 Å². The van der Waals surface area contributed by atoms with Crippen molar-refractivity contribution in [3.05, 3.63) is 70.6 Å². The molecular formula is C21H14ClF2N7OS. The van der Waals surface area contributed by atoms with E-state index in [2.05, 4.69) is 25.5 Å². The minimum absolute atomic E-state index is 0.123. The lowest BCUT2D eigenvalue weighted by Gasteiger charge is -2.07.